The number of imide groups is 1. The van der Waals surface area contributed by atoms with Crippen LogP contribution in [-0.2, 0) is 16.1 Å². The maximum atomic E-state index is 13.6. The first-order valence-corrected chi connectivity index (χ1v) is 9.45. The van der Waals surface area contributed by atoms with E-state index in [1.807, 2.05) is 0 Å². The van der Waals surface area contributed by atoms with E-state index in [2.05, 4.69) is 5.32 Å². The first-order valence-electron chi connectivity index (χ1n) is 9.07. The minimum atomic E-state index is -1.06. The number of anilines is 1. The maximum Gasteiger partial charge on any atom is 0.278 e. The zero-order valence-corrected chi connectivity index (χ0v) is 16.3. The summed E-state index contributed by atoms with van der Waals surface area (Å²) in [4.78, 5) is 27.4. The van der Waals surface area contributed by atoms with E-state index < -0.39 is 23.4 Å². The van der Waals surface area contributed by atoms with Crippen LogP contribution in [0.1, 0.15) is 11.1 Å². The van der Waals surface area contributed by atoms with E-state index in [1.54, 1.807) is 54.6 Å². The number of carbonyl (C=O) groups excluding carboxylic acids is 2. The molecule has 30 heavy (non-hydrogen) atoms. The van der Waals surface area contributed by atoms with Crippen LogP contribution in [0.25, 0.3) is 5.57 Å². The molecule has 0 bridgehead atoms. The molecular weight excluding hydrogens is 410 g/mol. The molecule has 1 aliphatic heterocycles. The second-order valence-electron chi connectivity index (χ2n) is 6.66. The van der Waals surface area contributed by atoms with Gasteiger partial charge in [-0.15, -0.1) is 0 Å². The molecule has 0 unspecified atom stereocenters. The number of hydrogen-bond acceptors (Lipinski definition) is 3. The highest BCUT2D eigenvalue weighted by Gasteiger charge is 2.39. The summed E-state index contributed by atoms with van der Waals surface area (Å²) < 4.78 is 26.9. The summed E-state index contributed by atoms with van der Waals surface area (Å²) in [7, 11) is 0. The van der Waals surface area contributed by atoms with Gasteiger partial charge >= 0.3 is 0 Å². The fraction of sp³-hybridized carbons (Fsp3) is 0.0435. The summed E-state index contributed by atoms with van der Waals surface area (Å²) in [6, 6.07) is 18.8. The van der Waals surface area contributed by atoms with Gasteiger partial charge in [-0.05, 0) is 29.3 Å². The summed E-state index contributed by atoms with van der Waals surface area (Å²) in [6.45, 7) is -0.0172. The Labute approximate surface area is 176 Å². The summed E-state index contributed by atoms with van der Waals surface area (Å²) in [5.41, 5.74) is 1.43. The Morgan fingerprint density at radius 3 is 2.23 bits per heavy atom. The molecule has 0 saturated heterocycles. The van der Waals surface area contributed by atoms with Crippen molar-refractivity contribution in [2.75, 3.05) is 5.32 Å². The Morgan fingerprint density at radius 2 is 1.53 bits per heavy atom. The van der Waals surface area contributed by atoms with E-state index in [1.165, 1.54) is 6.07 Å². The van der Waals surface area contributed by atoms with Crippen molar-refractivity contribution in [1.82, 2.24) is 4.90 Å². The quantitative estimate of drug-likeness (QED) is 0.586. The van der Waals surface area contributed by atoms with E-state index in [0.717, 1.165) is 17.0 Å². The third kappa shape index (κ3) is 3.69. The zero-order chi connectivity index (χ0) is 21.3. The predicted octanol–water partition coefficient (Wildman–Crippen LogP) is 5.01. The predicted molar refractivity (Wildman–Crippen MR) is 110 cm³/mol. The van der Waals surface area contributed by atoms with Crippen LogP contribution in [0, 0.1) is 11.6 Å². The first-order chi connectivity index (χ1) is 14.5. The van der Waals surface area contributed by atoms with Gasteiger partial charge in [0, 0.05) is 16.8 Å². The highest BCUT2D eigenvalue weighted by molar-refractivity contribution is 6.36. The average molecular weight is 425 g/mol. The van der Waals surface area contributed by atoms with E-state index >= 15 is 0 Å². The largest absolute Gasteiger partial charge is 0.350 e. The number of nitrogens with zero attached hydrogens (tertiary/aromatic N) is 1. The van der Waals surface area contributed by atoms with Crippen molar-refractivity contribution in [3.63, 3.8) is 0 Å². The van der Waals surface area contributed by atoms with E-state index in [4.69, 9.17) is 11.6 Å². The molecule has 150 valence electrons. The van der Waals surface area contributed by atoms with Crippen molar-refractivity contribution >= 4 is 34.7 Å². The smallest absolute Gasteiger partial charge is 0.278 e. The fourth-order valence-electron chi connectivity index (χ4n) is 3.22. The number of halogens is 3. The van der Waals surface area contributed by atoms with Crippen LogP contribution in [0.5, 0.6) is 0 Å². The Hall–Kier alpha value is -3.51. The molecule has 4 rings (SSSR count). The average Bonchev–Trinajstić information content (AvgIpc) is 2.97. The van der Waals surface area contributed by atoms with Crippen LogP contribution in [0.4, 0.5) is 14.5 Å². The molecule has 0 radical (unpaired) electrons. The van der Waals surface area contributed by atoms with Gasteiger partial charge in [0.2, 0.25) is 0 Å². The molecule has 4 nitrogen and oxygen atoms in total. The van der Waals surface area contributed by atoms with Gasteiger partial charge in [0.1, 0.15) is 5.70 Å². The summed E-state index contributed by atoms with van der Waals surface area (Å²) in [5.74, 6) is -3.15. The normalized spacial score (nSPS) is 13.9. The van der Waals surface area contributed by atoms with Crippen molar-refractivity contribution in [2.45, 2.75) is 6.54 Å². The van der Waals surface area contributed by atoms with Gasteiger partial charge in [-0.1, -0.05) is 60.1 Å². The molecule has 1 aliphatic rings. The number of carbonyl (C=O) groups is 2. The van der Waals surface area contributed by atoms with Crippen LogP contribution in [-0.4, -0.2) is 16.7 Å². The first kappa shape index (κ1) is 19.8. The lowest BCUT2D eigenvalue weighted by molar-refractivity contribution is -0.137. The number of amides is 2. The molecule has 3 aromatic rings. The Balaban J connectivity index is 1.75. The SMILES string of the molecule is O=C1C(Nc2ccc(F)c(F)c2)=C(c2ccccc2)C(=O)N1Cc1ccccc1Cl. The molecule has 0 spiro atoms. The molecule has 2 amide bonds. The molecule has 0 aromatic heterocycles. The molecular formula is C23H15ClF2N2O2. The van der Waals surface area contributed by atoms with Crippen molar-refractivity contribution in [2.24, 2.45) is 0 Å². The molecule has 0 aliphatic carbocycles. The van der Waals surface area contributed by atoms with Crippen molar-refractivity contribution in [3.8, 4) is 0 Å². The molecule has 1 heterocycles. The van der Waals surface area contributed by atoms with Gasteiger partial charge in [-0.3, -0.25) is 14.5 Å². The second-order valence-corrected chi connectivity index (χ2v) is 7.06. The fourth-order valence-corrected chi connectivity index (χ4v) is 3.42. The standard InChI is InChI=1S/C23H15ClF2N2O2/c24-17-9-5-4-8-15(17)13-28-22(29)20(14-6-2-1-3-7-14)21(23(28)30)27-16-10-11-18(25)19(26)12-16/h1-12,27H,13H2. The lowest BCUT2D eigenvalue weighted by Gasteiger charge is -2.16. The van der Waals surface area contributed by atoms with Gasteiger partial charge < -0.3 is 5.32 Å². The molecule has 7 heteroatoms. The molecule has 1 N–H and O–H groups in total. The van der Waals surface area contributed by atoms with Crippen LogP contribution >= 0.6 is 11.6 Å². The maximum absolute atomic E-state index is 13.6. The van der Waals surface area contributed by atoms with Crippen LogP contribution in [0.15, 0.2) is 78.5 Å². The van der Waals surface area contributed by atoms with E-state index in [9.17, 15) is 18.4 Å². The summed E-state index contributed by atoms with van der Waals surface area (Å²) in [5, 5.41) is 3.23. The van der Waals surface area contributed by atoms with Gasteiger partial charge in [0.25, 0.3) is 11.8 Å². The highest BCUT2D eigenvalue weighted by atomic mass is 35.5. The van der Waals surface area contributed by atoms with E-state index in [0.29, 0.717) is 16.1 Å². The number of hydrogen-bond donors (Lipinski definition) is 1. The van der Waals surface area contributed by atoms with E-state index in [-0.39, 0.29) is 23.5 Å². The number of nitrogens with one attached hydrogen (secondary N) is 1. The Morgan fingerprint density at radius 1 is 0.833 bits per heavy atom. The topological polar surface area (TPSA) is 49.4 Å². The van der Waals surface area contributed by atoms with Gasteiger partial charge in [-0.2, -0.15) is 0 Å². The highest BCUT2D eigenvalue weighted by Crippen LogP contribution is 2.32. The van der Waals surface area contributed by atoms with Crippen LogP contribution < -0.4 is 5.32 Å². The van der Waals surface area contributed by atoms with Gasteiger partial charge in [0.15, 0.2) is 11.6 Å². The van der Waals surface area contributed by atoms with Crippen molar-refractivity contribution in [1.29, 1.82) is 0 Å². The van der Waals surface area contributed by atoms with Crippen molar-refractivity contribution < 1.29 is 18.4 Å². The minimum absolute atomic E-state index is 0.00994. The zero-order valence-electron chi connectivity index (χ0n) is 15.5. The third-order valence-corrected chi connectivity index (χ3v) is 5.07. The van der Waals surface area contributed by atoms with Crippen LogP contribution in [0.2, 0.25) is 5.02 Å². The Kier molecular flexibility index (Phi) is 5.33. The minimum Gasteiger partial charge on any atom is -0.350 e. The van der Waals surface area contributed by atoms with Gasteiger partial charge in [-0.25, -0.2) is 8.78 Å². The van der Waals surface area contributed by atoms with Gasteiger partial charge in [0.05, 0.1) is 12.1 Å². The lowest BCUT2D eigenvalue weighted by Crippen LogP contribution is -2.32. The van der Waals surface area contributed by atoms with Crippen molar-refractivity contribution in [3.05, 3.63) is 106 Å². The second kappa shape index (κ2) is 8.08. The third-order valence-electron chi connectivity index (χ3n) is 4.71. The molecule has 0 fully saturated rings. The summed E-state index contributed by atoms with van der Waals surface area (Å²) in [6.07, 6.45) is 0. The molecule has 0 atom stereocenters. The Bertz CT molecular complexity index is 1180. The summed E-state index contributed by atoms with van der Waals surface area (Å²) >= 11 is 6.19. The monoisotopic (exact) mass is 424 g/mol. The molecule has 3 aromatic carbocycles. The van der Waals surface area contributed by atoms with Crippen LogP contribution in [0.3, 0.4) is 0 Å². The number of benzene rings is 3. The lowest BCUT2D eigenvalue weighted by atomic mass is 10.0. The number of rotatable bonds is 5. The molecule has 0 saturated carbocycles.